The smallest absolute Gasteiger partial charge is 0.257 e. The van der Waals surface area contributed by atoms with Gasteiger partial charge in [-0.3, -0.25) is 9.10 Å². The number of hydrogen-bond acceptors (Lipinski definition) is 5. The molecular formula is C17H19ClN2O5S. The van der Waals surface area contributed by atoms with Gasteiger partial charge in [0.25, 0.3) is 5.91 Å². The highest BCUT2D eigenvalue weighted by Gasteiger charge is 2.18. The monoisotopic (exact) mass is 398 g/mol. The molecule has 2 aromatic rings. The molecule has 9 heteroatoms. The molecule has 0 atom stereocenters. The number of rotatable bonds is 6. The first-order chi connectivity index (χ1) is 12.2. The van der Waals surface area contributed by atoms with Crippen LogP contribution in [-0.2, 0) is 10.0 Å². The predicted octanol–water partition coefficient (Wildman–Crippen LogP) is 3.01. The molecule has 0 saturated carbocycles. The lowest BCUT2D eigenvalue weighted by atomic mass is 10.1. The van der Waals surface area contributed by atoms with Crippen LogP contribution >= 0.6 is 11.6 Å². The van der Waals surface area contributed by atoms with Gasteiger partial charge in [0, 0.05) is 13.1 Å². The Labute approximate surface area is 157 Å². The first kappa shape index (κ1) is 19.9. The summed E-state index contributed by atoms with van der Waals surface area (Å²) in [4.78, 5) is 12.6. The zero-order valence-corrected chi connectivity index (χ0v) is 16.3. The van der Waals surface area contributed by atoms with E-state index in [2.05, 4.69) is 5.32 Å². The largest absolute Gasteiger partial charge is 0.497 e. The lowest BCUT2D eigenvalue weighted by molar-refractivity contribution is 0.102. The van der Waals surface area contributed by atoms with Crippen LogP contribution in [0.2, 0.25) is 5.02 Å². The third-order valence-electron chi connectivity index (χ3n) is 3.71. The van der Waals surface area contributed by atoms with E-state index in [0.717, 1.165) is 10.6 Å². The molecule has 0 heterocycles. The van der Waals surface area contributed by atoms with Gasteiger partial charge in [-0.05, 0) is 30.3 Å². The summed E-state index contributed by atoms with van der Waals surface area (Å²) in [6.07, 6.45) is 1.07. The third kappa shape index (κ3) is 4.39. The number of ether oxygens (including phenoxy) is 2. The Balaban J connectivity index is 2.36. The number of nitrogens with zero attached hydrogens (tertiary/aromatic N) is 1. The summed E-state index contributed by atoms with van der Waals surface area (Å²) in [5.41, 5.74) is 0.887. The van der Waals surface area contributed by atoms with Gasteiger partial charge < -0.3 is 14.8 Å². The van der Waals surface area contributed by atoms with Gasteiger partial charge in [-0.2, -0.15) is 0 Å². The maximum absolute atomic E-state index is 12.6. The second-order valence-corrected chi connectivity index (χ2v) is 7.84. The topological polar surface area (TPSA) is 84.9 Å². The van der Waals surface area contributed by atoms with Crippen molar-refractivity contribution in [2.24, 2.45) is 0 Å². The van der Waals surface area contributed by atoms with Crippen molar-refractivity contribution in [2.45, 2.75) is 0 Å². The van der Waals surface area contributed by atoms with Crippen LogP contribution in [0.3, 0.4) is 0 Å². The molecule has 0 saturated heterocycles. The van der Waals surface area contributed by atoms with E-state index >= 15 is 0 Å². The van der Waals surface area contributed by atoms with Gasteiger partial charge in [-0.1, -0.05) is 11.6 Å². The fraction of sp³-hybridized carbons (Fsp3) is 0.235. The number of carbonyl (C=O) groups is 1. The van der Waals surface area contributed by atoms with Gasteiger partial charge in [-0.25, -0.2) is 8.42 Å². The van der Waals surface area contributed by atoms with E-state index < -0.39 is 15.9 Å². The number of amides is 1. The molecule has 0 spiro atoms. The van der Waals surface area contributed by atoms with Gasteiger partial charge in [0.15, 0.2) is 0 Å². The van der Waals surface area contributed by atoms with E-state index in [9.17, 15) is 13.2 Å². The summed E-state index contributed by atoms with van der Waals surface area (Å²) in [5.74, 6) is 0.495. The van der Waals surface area contributed by atoms with Crippen LogP contribution in [0, 0.1) is 0 Å². The zero-order valence-electron chi connectivity index (χ0n) is 14.7. The number of methoxy groups -OCH3 is 2. The van der Waals surface area contributed by atoms with E-state index in [1.165, 1.54) is 39.5 Å². The first-order valence-electron chi connectivity index (χ1n) is 7.44. The van der Waals surface area contributed by atoms with Gasteiger partial charge >= 0.3 is 0 Å². The van der Waals surface area contributed by atoms with Crippen molar-refractivity contribution in [1.29, 1.82) is 0 Å². The molecule has 0 bridgehead atoms. The number of halogens is 1. The summed E-state index contributed by atoms with van der Waals surface area (Å²) in [6, 6.07) is 9.34. The summed E-state index contributed by atoms with van der Waals surface area (Å²) in [5, 5.41) is 2.90. The fourth-order valence-electron chi connectivity index (χ4n) is 2.17. The molecule has 140 valence electrons. The van der Waals surface area contributed by atoms with Crippen molar-refractivity contribution in [1.82, 2.24) is 0 Å². The maximum Gasteiger partial charge on any atom is 0.257 e. The normalized spacial score (nSPS) is 11.0. The molecule has 0 radical (unpaired) electrons. The Bertz CT molecular complexity index is 931. The number of nitrogens with one attached hydrogen (secondary N) is 1. The number of hydrogen-bond donors (Lipinski definition) is 1. The molecular weight excluding hydrogens is 380 g/mol. The number of sulfonamides is 1. The third-order valence-corrected chi connectivity index (χ3v) is 5.25. The predicted molar refractivity (Wildman–Crippen MR) is 102 cm³/mol. The highest BCUT2D eigenvalue weighted by molar-refractivity contribution is 7.92. The molecule has 0 aliphatic heterocycles. The maximum atomic E-state index is 12.6. The molecule has 2 aromatic carbocycles. The molecule has 0 aromatic heterocycles. The second kappa shape index (κ2) is 7.84. The lowest BCUT2D eigenvalue weighted by Gasteiger charge is -2.18. The number of anilines is 2. The molecule has 7 nitrogen and oxygen atoms in total. The van der Waals surface area contributed by atoms with E-state index in [-0.39, 0.29) is 10.6 Å². The van der Waals surface area contributed by atoms with Crippen molar-refractivity contribution < 1.29 is 22.7 Å². The Morgan fingerprint density at radius 3 is 2.38 bits per heavy atom. The molecule has 1 N–H and O–H groups in total. The van der Waals surface area contributed by atoms with Gasteiger partial charge in [0.05, 0.1) is 42.4 Å². The van der Waals surface area contributed by atoms with E-state index in [1.54, 1.807) is 18.2 Å². The Hall–Kier alpha value is -2.45. The standard InChI is InChI=1S/C17H19ClN2O5S/c1-20(26(4,22)23)11-5-7-14(18)13(9-11)17(21)19-15-8-6-12(24-2)10-16(15)25-3/h5-10H,1-4H3,(H,19,21). The minimum absolute atomic E-state index is 0.137. The van der Waals surface area contributed by atoms with Crippen LogP contribution in [0.25, 0.3) is 0 Å². The van der Waals surface area contributed by atoms with E-state index in [1.807, 2.05) is 0 Å². The van der Waals surface area contributed by atoms with Crippen LogP contribution in [0.4, 0.5) is 11.4 Å². The van der Waals surface area contributed by atoms with Crippen LogP contribution in [0.1, 0.15) is 10.4 Å². The summed E-state index contributed by atoms with van der Waals surface area (Å²) in [7, 11) is 0.928. The van der Waals surface area contributed by atoms with Crippen LogP contribution in [0.5, 0.6) is 11.5 Å². The van der Waals surface area contributed by atoms with Crippen LogP contribution < -0.4 is 19.1 Å². The van der Waals surface area contributed by atoms with Gasteiger partial charge in [0.1, 0.15) is 11.5 Å². The Morgan fingerprint density at radius 2 is 1.81 bits per heavy atom. The highest BCUT2D eigenvalue weighted by Crippen LogP contribution is 2.31. The van der Waals surface area contributed by atoms with E-state index in [4.69, 9.17) is 21.1 Å². The molecule has 2 rings (SSSR count). The molecule has 0 fully saturated rings. The summed E-state index contributed by atoms with van der Waals surface area (Å²) >= 11 is 6.12. The van der Waals surface area contributed by atoms with Crippen LogP contribution in [-0.4, -0.2) is 41.8 Å². The van der Waals surface area contributed by atoms with E-state index in [0.29, 0.717) is 22.9 Å². The summed E-state index contributed by atoms with van der Waals surface area (Å²) in [6.45, 7) is 0. The minimum Gasteiger partial charge on any atom is -0.497 e. The lowest BCUT2D eigenvalue weighted by Crippen LogP contribution is -2.25. The Morgan fingerprint density at radius 1 is 1.12 bits per heavy atom. The molecule has 1 amide bonds. The van der Waals surface area contributed by atoms with Gasteiger partial charge in [0.2, 0.25) is 10.0 Å². The fourth-order valence-corrected chi connectivity index (χ4v) is 2.87. The first-order valence-corrected chi connectivity index (χ1v) is 9.67. The Kier molecular flexibility index (Phi) is 5.99. The molecule has 0 unspecified atom stereocenters. The zero-order chi connectivity index (χ0) is 19.5. The quantitative estimate of drug-likeness (QED) is 0.808. The van der Waals surface area contributed by atoms with Gasteiger partial charge in [-0.15, -0.1) is 0 Å². The average Bonchev–Trinajstić information content (AvgIpc) is 2.60. The molecule has 0 aliphatic carbocycles. The van der Waals surface area contributed by atoms with Crippen molar-refractivity contribution in [3.05, 3.63) is 47.0 Å². The van der Waals surface area contributed by atoms with Crippen LogP contribution in [0.15, 0.2) is 36.4 Å². The van der Waals surface area contributed by atoms with Crippen molar-refractivity contribution >= 4 is 38.9 Å². The number of benzene rings is 2. The molecule has 0 aliphatic rings. The van der Waals surface area contributed by atoms with Crippen molar-refractivity contribution in [3.63, 3.8) is 0 Å². The van der Waals surface area contributed by atoms with Crippen molar-refractivity contribution in [3.8, 4) is 11.5 Å². The molecule has 26 heavy (non-hydrogen) atoms. The SMILES string of the molecule is COc1ccc(NC(=O)c2cc(N(C)S(C)(=O)=O)ccc2Cl)c(OC)c1. The highest BCUT2D eigenvalue weighted by atomic mass is 35.5. The second-order valence-electron chi connectivity index (χ2n) is 5.41. The average molecular weight is 399 g/mol. The van der Waals surface area contributed by atoms with Crippen molar-refractivity contribution in [2.75, 3.05) is 37.1 Å². The summed E-state index contributed by atoms with van der Waals surface area (Å²) < 4.78 is 34.8. The minimum atomic E-state index is -3.46. The number of carbonyl (C=O) groups excluding carboxylic acids is 1.